The molecule has 0 atom stereocenters. The Morgan fingerprint density at radius 1 is 1.00 bits per heavy atom. The van der Waals surface area contributed by atoms with Crippen LogP contribution in [0.15, 0.2) is 28.9 Å². The molecule has 98 valence electrons. The highest BCUT2D eigenvalue weighted by Gasteiger charge is 2.14. The Morgan fingerprint density at radius 3 is 2.26 bits per heavy atom. The maximum Gasteiger partial charge on any atom is 0.178 e. The van der Waals surface area contributed by atoms with Crippen LogP contribution < -0.4 is 0 Å². The molecule has 0 aliphatic heterocycles. The summed E-state index contributed by atoms with van der Waals surface area (Å²) in [5, 5.41) is 0. The SMILES string of the molecule is CC(=O)c1nc(Br)ccc1-c1ccc(C)c(C)c1C. The third kappa shape index (κ3) is 2.61. The molecule has 0 unspecified atom stereocenters. The van der Waals surface area contributed by atoms with Crippen LogP contribution in [0.5, 0.6) is 0 Å². The number of nitrogens with zero attached hydrogens (tertiary/aromatic N) is 1. The Bertz CT molecular complexity index is 662. The number of benzene rings is 1. The van der Waals surface area contributed by atoms with Gasteiger partial charge in [0.05, 0.1) is 0 Å². The highest BCUT2D eigenvalue weighted by Crippen LogP contribution is 2.30. The zero-order chi connectivity index (χ0) is 14.2. The molecule has 0 fully saturated rings. The van der Waals surface area contributed by atoms with E-state index in [2.05, 4.69) is 53.8 Å². The van der Waals surface area contributed by atoms with Crippen molar-refractivity contribution in [3.63, 3.8) is 0 Å². The van der Waals surface area contributed by atoms with Gasteiger partial charge in [-0.15, -0.1) is 0 Å². The Labute approximate surface area is 122 Å². The number of aryl methyl sites for hydroxylation is 1. The molecular formula is C16H16BrNO. The van der Waals surface area contributed by atoms with E-state index in [4.69, 9.17) is 0 Å². The molecule has 3 heteroatoms. The fourth-order valence-electron chi connectivity index (χ4n) is 2.17. The smallest absolute Gasteiger partial charge is 0.178 e. The van der Waals surface area contributed by atoms with Crippen molar-refractivity contribution in [3.05, 3.63) is 51.3 Å². The third-order valence-corrected chi connectivity index (χ3v) is 3.98. The van der Waals surface area contributed by atoms with Crippen molar-refractivity contribution in [1.29, 1.82) is 0 Å². The van der Waals surface area contributed by atoms with E-state index >= 15 is 0 Å². The predicted octanol–water partition coefficient (Wildman–Crippen LogP) is 4.64. The lowest BCUT2D eigenvalue weighted by atomic mass is 9.93. The number of Topliss-reactive ketones (excluding diaryl/α,β-unsaturated/α-hetero) is 1. The molecule has 0 aliphatic rings. The average molecular weight is 318 g/mol. The van der Waals surface area contributed by atoms with Gasteiger partial charge in [0.15, 0.2) is 5.78 Å². The zero-order valence-electron chi connectivity index (χ0n) is 11.5. The highest BCUT2D eigenvalue weighted by molar-refractivity contribution is 9.10. The maximum atomic E-state index is 11.8. The minimum absolute atomic E-state index is 0.0195. The second-order valence-electron chi connectivity index (χ2n) is 4.77. The Kier molecular flexibility index (Phi) is 3.85. The van der Waals surface area contributed by atoms with Gasteiger partial charge < -0.3 is 0 Å². The lowest BCUT2D eigenvalue weighted by molar-refractivity contribution is 0.101. The monoisotopic (exact) mass is 317 g/mol. The molecule has 2 rings (SSSR count). The second-order valence-corrected chi connectivity index (χ2v) is 5.58. The number of pyridine rings is 1. The molecule has 0 amide bonds. The topological polar surface area (TPSA) is 30.0 Å². The summed E-state index contributed by atoms with van der Waals surface area (Å²) in [5.41, 5.74) is 6.21. The molecule has 19 heavy (non-hydrogen) atoms. The van der Waals surface area contributed by atoms with Crippen LogP contribution in [-0.4, -0.2) is 10.8 Å². The van der Waals surface area contributed by atoms with Gasteiger partial charge in [0.2, 0.25) is 0 Å². The molecule has 0 bridgehead atoms. The number of ketones is 1. The molecule has 1 aromatic heterocycles. The molecule has 0 spiro atoms. The van der Waals surface area contributed by atoms with Crippen LogP contribution in [0.2, 0.25) is 0 Å². The second kappa shape index (κ2) is 5.25. The van der Waals surface area contributed by atoms with Gasteiger partial charge >= 0.3 is 0 Å². The Hall–Kier alpha value is -1.48. The van der Waals surface area contributed by atoms with Crippen LogP contribution in [0.25, 0.3) is 11.1 Å². The quantitative estimate of drug-likeness (QED) is 0.596. The number of hydrogen-bond donors (Lipinski definition) is 0. The van der Waals surface area contributed by atoms with E-state index in [9.17, 15) is 4.79 Å². The normalized spacial score (nSPS) is 10.6. The van der Waals surface area contributed by atoms with Crippen molar-refractivity contribution < 1.29 is 4.79 Å². The first-order chi connectivity index (χ1) is 8.91. The summed E-state index contributed by atoms with van der Waals surface area (Å²) in [6, 6.07) is 7.97. The number of carbonyl (C=O) groups excluding carboxylic acids is 1. The van der Waals surface area contributed by atoms with Gasteiger partial charge in [-0.3, -0.25) is 4.79 Å². The van der Waals surface area contributed by atoms with E-state index in [0.29, 0.717) is 10.3 Å². The molecule has 2 aromatic rings. The number of hydrogen-bond acceptors (Lipinski definition) is 2. The van der Waals surface area contributed by atoms with Crippen LogP contribution >= 0.6 is 15.9 Å². The molecule has 0 saturated heterocycles. The summed E-state index contributed by atoms with van der Waals surface area (Å²) < 4.78 is 0.683. The molecule has 0 aliphatic carbocycles. The fraction of sp³-hybridized carbons (Fsp3) is 0.250. The van der Waals surface area contributed by atoms with Crippen molar-refractivity contribution in [3.8, 4) is 11.1 Å². The molecule has 0 N–H and O–H groups in total. The predicted molar refractivity (Wildman–Crippen MR) is 81.6 cm³/mol. The lowest BCUT2D eigenvalue weighted by Gasteiger charge is -2.13. The van der Waals surface area contributed by atoms with Gasteiger partial charge in [0.25, 0.3) is 0 Å². The van der Waals surface area contributed by atoms with E-state index < -0.39 is 0 Å². The van der Waals surface area contributed by atoms with Crippen LogP contribution in [-0.2, 0) is 0 Å². The van der Waals surface area contributed by atoms with Crippen molar-refractivity contribution in [1.82, 2.24) is 4.98 Å². The first kappa shape index (κ1) is 13.9. The number of aromatic nitrogens is 1. The van der Waals surface area contributed by atoms with Crippen molar-refractivity contribution >= 4 is 21.7 Å². The van der Waals surface area contributed by atoms with Gasteiger partial charge in [-0.05, 0) is 71.1 Å². The van der Waals surface area contributed by atoms with E-state index in [1.807, 2.05) is 12.1 Å². The van der Waals surface area contributed by atoms with E-state index in [1.165, 1.54) is 16.7 Å². The van der Waals surface area contributed by atoms with Crippen molar-refractivity contribution in [2.24, 2.45) is 0 Å². The third-order valence-electron chi connectivity index (χ3n) is 3.54. The molecule has 1 aromatic carbocycles. The Balaban J connectivity index is 2.72. The van der Waals surface area contributed by atoms with Gasteiger partial charge in [-0.2, -0.15) is 0 Å². The van der Waals surface area contributed by atoms with Crippen LogP contribution in [0.4, 0.5) is 0 Å². The summed E-state index contributed by atoms with van der Waals surface area (Å²) >= 11 is 3.32. The minimum atomic E-state index is -0.0195. The van der Waals surface area contributed by atoms with Gasteiger partial charge in [-0.25, -0.2) is 4.98 Å². The highest BCUT2D eigenvalue weighted by atomic mass is 79.9. The van der Waals surface area contributed by atoms with Gasteiger partial charge in [0.1, 0.15) is 10.3 Å². The Morgan fingerprint density at radius 2 is 1.63 bits per heavy atom. The van der Waals surface area contributed by atoms with Gasteiger partial charge in [0, 0.05) is 12.5 Å². The summed E-state index contributed by atoms with van der Waals surface area (Å²) in [4.78, 5) is 16.1. The zero-order valence-corrected chi connectivity index (χ0v) is 13.1. The molecule has 2 nitrogen and oxygen atoms in total. The minimum Gasteiger partial charge on any atom is -0.293 e. The van der Waals surface area contributed by atoms with Crippen LogP contribution in [0, 0.1) is 20.8 Å². The van der Waals surface area contributed by atoms with E-state index in [1.54, 1.807) is 6.92 Å². The molecule has 1 heterocycles. The molecular weight excluding hydrogens is 302 g/mol. The summed E-state index contributed by atoms with van der Waals surface area (Å²) in [5.74, 6) is -0.0195. The first-order valence-corrected chi connectivity index (χ1v) is 6.95. The fourth-order valence-corrected chi connectivity index (χ4v) is 2.48. The lowest BCUT2D eigenvalue weighted by Crippen LogP contribution is -2.02. The molecule has 0 saturated carbocycles. The standard InChI is InChI=1S/C16H16BrNO/c1-9-5-6-13(11(3)10(9)2)14-7-8-15(17)18-16(14)12(4)19/h5-8H,1-4H3. The van der Waals surface area contributed by atoms with Crippen LogP contribution in [0.1, 0.15) is 34.1 Å². The summed E-state index contributed by atoms with van der Waals surface area (Å²) in [7, 11) is 0. The number of carbonyl (C=O) groups is 1. The maximum absolute atomic E-state index is 11.8. The molecule has 0 radical (unpaired) electrons. The average Bonchev–Trinajstić information content (AvgIpc) is 2.37. The summed E-state index contributed by atoms with van der Waals surface area (Å²) in [6.07, 6.45) is 0. The van der Waals surface area contributed by atoms with Crippen LogP contribution in [0.3, 0.4) is 0 Å². The first-order valence-electron chi connectivity index (χ1n) is 6.16. The largest absolute Gasteiger partial charge is 0.293 e. The van der Waals surface area contributed by atoms with E-state index in [-0.39, 0.29) is 5.78 Å². The van der Waals surface area contributed by atoms with Crippen molar-refractivity contribution in [2.75, 3.05) is 0 Å². The number of rotatable bonds is 2. The summed E-state index contributed by atoms with van der Waals surface area (Å²) in [6.45, 7) is 7.84. The number of halogens is 1. The van der Waals surface area contributed by atoms with Crippen molar-refractivity contribution in [2.45, 2.75) is 27.7 Å². The van der Waals surface area contributed by atoms with Gasteiger partial charge in [-0.1, -0.05) is 12.1 Å². The van der Waals surface area contributed by atoms with E-state index in [0.717, 1.165) is 11.1 Å².